The number of halogens is 1. The molecule has 0 bridgehead atoms. The van der Waals surface area contributed by atoms with Crippen molar-refractivity contribution < 1.29 is 24.3 Å². The summed E-state index contributed by atoms with van der Waals surface area (Å²) >= 11 is 3.41. The lowest BCUT2D eigenvalue weighted by molar-refractivity contribution is -0.144. The van der Waals surface area contributed by atoms with Gasteiger partial charge in [0.15, 0.2) is 6.61 Å². The number of carboxylic acids is 1. The van der Waals surface area contributed by atoms with E-state index in [2.05, 4.69) is 26.1 Å². The van der Waals surface area contributed by atoms with Crippen LogP contribution < -0.4 is 15.5 Å². The summed E-state index contributed by atoms with van der Waals surface area (Å²) < 4.78 is 6.45. The van der Waals surface area contributed by atoms with E-state index in [1.807, 2.05) is 17.6 Å². The SMILES string of the molecule is O=C(O)CONC(=O)NCc1cc(Br)cc2c1OCC2. The number of fused-ring (bicyclic) bond motifs is 1. The molecule has 0 aliphatic carbocycles. The molecule has 0 saturated carbocycles. The number of rotatable bonds is 5. The lowest BCUT2D eigenvalue weighted by Gasteiger charge is -2.10. The third kappa shape index (κ3) is 3.84. The van der Waals surface area contributed by atoms with Crippen LogP contribution in [0.2, 0.25) is 0 Å². The van der Waals surface area contributed by atoms with Gasteiger partial charge in [-0.1, -0.05) is 15.9 Å². The molecular weight excluding hydrogens is 332 g/mol. The molecule has 8 heteroatoms. The topological polar surface area (TPSA) is 96.9 Å². The molecular formula is C12H13BrN2O5. The summed E-state index contributed by atoms with van der Waals surface area (Å²) in [5, 5.41) is 10.9. The number of hydrogen-bond donors (Lipinski definition) is 3. The van der Waals surface area contributed by atoms with E-state index >= 15 is 0 Å². The smallest absolute Gasteiger partial charge is 0.338 e. The monoisotopic (exact) mass is 344 g/mol. The van der Waals surface area contributed by atoms with Crippen molar-refractivity contribution in [1.82, 2.24) is 10.8 Å². The lowest BCUT2D eigenvalue weighted by Crippen LogP contribution is -2.36. The maximum atomic E-state index is 11.4. The van der Waals surface area contributed by atoms with E-state index in [4.69, 9.17) is 9.84 Å². The number of nitrogens with one attached hydrogen (secondary N) is 2. The van der Waals surface area contributed by atoms with Gasteiger partial charge in [-0.2, -0.15) is 0 Å². The first-order valence-corrected chi connectivity index (χ1v) is 6.67. The highest BCUT2D eigenvalue weighted by Gasteiger charge is 2.17. The number of urea groups is 1. The molecule has 0 saturated heterocycles. The fourth-order valence-electron chi connectivity index (χ4n) is 1.85. The highest BCUT2D eigenvalue weighted by atomic mass is 79.9. The Hall–Kier alpha value is -1.80. The largest absolute Gasteiger partial charge is 0.493 e. The predicted molar refractivity (Wildman–Crippen MR) is 72.3 cm³/mol. The number of carbonyl (C=O) groups excluding carboxylic acids is 1. The zero-order valence-electron chi connectivity index (χ0n) is 10.4. The van der Waals surface area contributed by atoms with E-state index in [1.54, 1.807) is 0 Å². The van der Waals surface area contributed by atoms with Crippen molar-refractivity contribution in [2.24, 2.45) is 0 Å². The molecule has 0 spiro atoms. The van der Waals surface area contributed by atoms with Crippen LogP contribution in [0.4, 0.5) is 4.79 Å². The second kappa shape index (κ2) is 6.58. The summed E-state index contributed by atoms with van der Waals surface area (Å²) in [5.74, 6) is -0.372. The van der Waals surface area contributed by atoms with Crippen molar-refractivity contribution in [3.05, 3.63) is 27.7 Å². The number of amides is 2. The zero-order chi connectivity index (χ0) is 14.5. The molecule has 20 heavy (non-hydrogen) atoms. The van der Waals surface area contributed by atoms with Gasteiger partial charge in [0.05, 0.1) is 6.61 Å². The summed E-state index contributed by atoms with van der Waals surface area (Å²) in [6, 6.07) is 3.24. The van der Waals surface area contributed by atoms with Crippen LogP contribution >= 0.6 is 15.9 Å². The minimum atomic E-state index is -1.16. The molecule has 2 rings (SSSR count). The Bertz CT molecular complexity index is 535. The molecule has 1 aromatic rings. The maximum absolute atomic E-state index is 11.4. The van der Waals surface area contributed by atoms with Crippen molar-refractivity contribution in [3.8, 4) is 5.75 Å². The lowest BCUT2D eigenvalue weighted by atomic mass is 10.1. The number of carbonyl (C=O) groups is 2. The fourth-order valence-corrected chi connectivity index (χ4v) is 2.40. The van der Waals surface area contributed by atoms with Crippen LogP contribution in [0.1, 0.15) is 11.1 Å². The molecule has 108 valence electrons. The summed E-state index contributed by atoms with van der Waals surface area (Å²) in [6.07, 6.45) is 0.843. The van der Waals surface area contributed by atoms with Crippen LogP contribution in [-0.2, 0) is 22.6 Å². The number of aliphatic carboxylic acids is 1. The third-order valence-corrected chi connectivity index (χ3v) is 3.08. The van der Waals surface area contributed by atoms with Gasteiger partial charge >= 0.3 is 12.0 Å². The summed E-state index contributed by atoms with van der Waals surface area (Å²) in [4.78, 5) is 26.1. The minimum absolute atomic E-state index is 0.254. The molecule has 0 radical (unpaired) electrons. The van der Waals surface area contributed by atoms with Gasteiger partial charge in [-0.15, -0.1) is 0 Å². The van der Waals surface area contributed by atoms with Gasteiger partial charge < -0.3 is 15.2 Å². The molecule has 0 atom stereocenters. The highest BCUT2D eigenvalue weighted by Crippen LogP contribution is 2.32. The summed E-state index contributed by atoms with van der Waals surface area (Å²) in [5.41, 5.74) is 3.93. The minimum Gasteiger partial charge on any atom is -0.493 e. The fraction of sp³-hybridized carbons (Fsp3) is 0.333. The Morgan fingerprint density at radius 1 is 1.45 bits per heavy atom. The Labute approximate surface area is 123 Å². The molecule has 0 fully saturated rings. The van der Waals surface area contributed by atoms with Gasteiger partial charge in [0, 0.05) is 23.0 Å². The van der Waals surface area contributed by atoms with Crippen molar-refractivity contribution in [2.75, 3.05) is 13.2 Å². The molecule has 1 aliphatic heterocycles. The molecule has 1 heterocycles. The molecule has 0 unspecified atom stereocenters. The number of ether oxygens (including phenoxy) is 1. The van der Waals surface area contributed by atoms with E-state index in [0.29, 0.717) is 6.61 Å². The van der Waals surface area contributed by atoms with Crippen LogP contribution in [0, 0.1) is 0 Å². The van der Waals surface area contributed by atoms with E-state index < -0.39 is 18.6 Å². The maximum Gasteiger partial charge on any atom is 0.338 e. The molecule has 3 N–H and O–H groups in total. The number of carboxylic acid groups (broad SMARTS) is 1. The van der Waals surface area contributed by atoms with Crippen molar-refractivity contribution >= 4 is 27.9 Å². The zero-order valence-corrected chi connectivity index (χ0v) is 12.0. The third-order valence-electron chi connectivity index (χ3n) is 2.63. The Kier molecular flexibility index (Phi) is 4.80. The van der Waals surface area contributed by atoms with Gasteiger partial charge in [0.25, 0.3) is 0 Å². The van der Waals surface area contributed by atoms with Crippen molar-refractivity contribution in [2.45, 2.75) is 13.0 Å². The number of hydrogen-bond acceptors (Lipinski definition) is 4. The van der Waals surface area contributed by atoms with Crippen molar-refractivity contribution in [1.29, 1.82) is 0 Å². The quantitative estimate of drug-likeness (QED) is 0.697. The first-order chi connectivity index (χ1) is 9.56. The first kappa shape index (κ1) is 14.6. The second-order valence-corrected chi connectivity index (χ2v) is 5.03. The van der Waals surface area contributed by atoms with Gasteiger partial charge in [0.1, 0.15) is 5.75 Å². The summed E-state index contributed by atoms with van der Waals surface area (Å²) in [7, 11) is 0. The molecule has 1 aliphatic rings. The van der Waals surface area contributed by atoms with Gasteiger partial charge in [-0.05, 0) is 17.7 Å². The first-order valence-electron chi connectivity index (χ1n) is 5.88. The van der Waals surface area contributed by atoms with E-state index in [0.717, 1.165) is 27.8 Å². The van der Waals surface area contributed by atoms with Gasteiger partial charge in [-0.3, -0.25) is 4.84 Å². The molecule has 1 aromatic carbocycles. The molecule has 0 aromatic heterocycles. The Morgan fingerprint density at radius 2 is 2.25 bits per heavy atom. The molecule has 7 nitrogen and oxygen atoms in total. The van der Waals surface area contributed by atoms with Gasteiger partial charge in [0.2, 0.25) is 0 Å². The van der Waals surface area contributed by atoms with Gasteiger partial charge in [-0.25, -0.2) is 15.1 Å². The van der Waals surface area contributed by atoms with Crippen LogP contribution in [-0.4, -0.2) is 30.3 Å². The average Bonchev–Trinajstić information content (AvgIpc) is 2.83. The van der Waals surface area contributed by atoms with Crippen LogP contribution in [0.3, 0.4) is 0 Å². The number of benzene rings is 1. The van der Waals surface area contributed by atoms with Crippen LogP contribution in [0.25, 0.3) is 0 Å². The van der Waals surface area contributed by atoms with E-state index in [9.17, 15) is 9.59 Å². The second-order valence-electron chi connectivity index (χ2n) is 4.12. The standard InChI is InChI=1S/C12H13BrN2O5/c13-9-3-7-1-2-19-11(7)8(4-9)5-14-12(18)15-20-6-10(16)17/h3-4H,1-2,5-6H2,(H,16,17)(H2,14,15,18). The van der Waals surface area contributed by atoms with Crippen molar-refractivity contribution in [3.63, 3.8) is 0 Å². The summed E-state index contributed by atoms with van der Waals surface area (Å²) in [6.45, 7) is 0.291. The number of hydroxylamine groups is 1. The molecule has 2 amide bonds. The highest BCUT2D eigenvalue weighted by molar-refractivity contribution is 9.10. The Balaban J connectivity index is 1.88. The van der Waals surface area contributed by atoms with E-state index in [1.165, 1.54) is 0 Å². The van der Waals surface area contributed by atoms with Crippen LogP contribution in [0.15, 0.2) is 16.6 Å². The average molecular weight is 345 g/mol. The van der Waals surface area contributed by atoms with E-state index in [-0.39, 0.29) is 6.54 Å². The normalized spacial score (nSPS) is 12.4. The Morgan fingerprint density at radius 3 is 3.00 bits per heavy atom. The predicted octanol–water partition coefficient (Wildman–Crippen LogP) is 1.20. The van der Waals surface area contributed by atoms with Crippen LogP contribution in [0.5, 0.6) is 5.75 Å².